The topological polar surface area (TPSA) is 96.5 Å². The van der Waals surface area contributed by atoms with Gasteiger partial charge in [-0.25, -0.2) is 9.59 Å². The van der Waals surface area contributed by atoms with Crippen LogP contribution in [0, 0.1) is 0 Å². The number of urea groups is 1. The molecule has 10 heteroatoms. The molecule has 3 aromatic carbocycles. The molecule has 0 saturated heterocycles. The summed E-state index contributed by atoms with van der Waals surface area (Å²) in [5.74, 6) is -1.16. The number of carbonyl (C=O) groups excluding carboxylic acids is 3. The smallest absolute Gasteiger partial charge is 0.328 e. The van der Waals surface area contributed by atoms with E-state index in [-0.39, 0.29) is 27.0 Å². The van der Waals surface area contributed by atoms with E-state index in [9.17, 15) is 14.4 Å². The van der Waals surface area contributed by atoms with E-state index < -0.39 is 23.9 Å². The molecule has 0 unspecified atom stereocenters. The molecule has 32 heavy (non-hydrogen) atoms. The number of methoxy groups -OCH3 is 1. The van der Waals surface area contributed by atoms with E-state index in [1.165, 1.54) is 26.2 Å². The summed E-state index contributed by atoms with van der Waals surface area (Å²) in [6, 6.07) is 11.9. The number of hydrogen-bond acceptors (Lipinski definition) is 4. The maximum Gasteiger partial charge on any atom is 0.328 e. The molecule has 3 amide bonds. The van der Waals surface area contributed by atoms with Crippen LogP contribution in [0.5, 0.6) is 0 Å². The van der Waals surface area contributed by atoms with E-state index in [1.54, 1.807) is 12.1 Å². The van der Waals surface area contributed by atoms with E-state index >= 15 is 0 Å². The van der Waals surface area contributed by atoms with Crippen LogP contribution in [0.2, 0.25) is 15.1 Å². The van der Waals surface area contributed by atoms with Crippen molar-refractivity contribution < 1.29 is 19.1 Å². The lowest BCUT2D eigenvalue weighted by Gasteiger charge is -2.16. The van der Waals surface area contributed by atoms with Gasteiger partial charge in [-0.2, -0.15) is 0 Å². The number of fused-ring (bicyclic) bond motifs is 1. The molecule has 0 heterocycles. The van der Waals surface area contributed by atoms with E-state index in [0.717, 1.165) is 10.8 Å². The molecular weight excluding hydrogens is 477 g/mol. The molecule has 0 aliphatic heterocycles. The van der Waals surface area contributed by atoms with Crippen LogP contribution in [0.4, 0.5) is 16.2 Å². The van der Waals surface area contributed by atoms with Crippen LogP contribution in [0.1, 0.15) is 17.3 Å². The SMILES string of the molecule is COC(=O)[C@H](C)NC(=O)c1cc2ccccc2cc1NC(=O)Nc1c(Cl)cc(Cl)cc1Cl. The Labute approximate surface area is 199 Å². The molecule has 0 aliphatic rings. The number of nitrogens with one attached hydrogen (secondary N) is 3. The molecule has 1 atom stereocenters. The summed E-state index contributed by atoms with van der Waals surface area (Å²) in [5, 5.41) is 9.95. The van der Waals surface area contributed by atoms with Crippen molar-refractivity contribution in [3.05, 3.63) is 69.2 Å². The summed E-state index contributed by atoms with van der Waals surface area (Å²) in [6.45, 7) is 1.50. The van der Waals surface area contributed by atoms with Crippen LogP contribution in [0.25, 0.3) is 10.8 Å². The fourth-order valence-corrected chi connectivity index (χ4v) is 3.88. The highest BCUT2D eigenvalue weighted by Crippen LogP contribution is 2.34. The van der Waals surface area contributed by atoms with Gasteiger partial charge < -0.3 is 20.7 Å². The number of ether oxygens (including phenoxy) is 1. The number of anilines is 2. The lowest BCUT2D eigenvalue weighted by molar-refractivity contribution is -0.142. The van der Waals surface area contributed by atoms with Gasteiger partial charge in [-0.3, -0.25) is 4.79 Å². The molecule has 3 aromatic rings. The Morgan fingerprint density at radius 3 is 2.09 bits per heavy atom. The van der Waals surface area contributed by atoms with Crippen molar-refractivity contribution in [2.75, 3.05) is 17.7 Å². The van der Waals surface area contributed by atoms with E-state index in [2.05, 4.69) is 20.7 Å². The van der Waals surface area contributed by atoms with Crippen LogP contribution in [-0.4, -0.2) is 31.1 Å². The Morgan fingerprint density at radius 2 is 1.50 bits per heavy atom. The van der Waals surface area contributed by atoms with Gasteiger partial charge in [-0.05, 0) is 42.0 Å². The third-order valence-electron chi connectivity index (χ3n) is 4.53. The van der Waals surface area contributed by atoms with Gasteiger partial charge in [0.25, 0.3) is 5.91 Å². The fraction of sp³-hybridized carbons (Fsp3) is 0.136. The summed E-state index contributed by atoms with van der Waals surface area (Å²) < 4.78 is 4.64. The van der Waals surface area contributed by atoms with E-state index in [1.807, 2.05) is 24.3 Å². The highest BCUT2D eigenvalue weighted by Gasteiger charge is 2.21. The molecule has 0 spiro atoms. The standard InChI is InChI=1S/C22H18Cl3N3O4/c1-11(21(30)32-2)26-20(29)15-7-12-5-3-4-6-13(12)8-18(15)27-22(31)28-19-16(24)9-14(23)10-17(19)25/h3-11H,1-2H3,(H,26,29)(H2,27,28,31)/t11-/m0/s1. The van der Waals surface area contributed by atoms with Gasteiger partial charge in [-0.1, -0.05) is 59.1 Å². The molecular formula is C22H18Cl3N3O4. The molecule has 3 N–H and O–H groups in total. The van der Waals surface area contributed by atoms with Gasteiger partial charge in [0.2, 0.25) is 0 Å². The average Bonchev–Trinajstić information content (AvgIpc) is 2.75. The van der Waals surface area contributed by atoms with Gasteiger partial charge >= 0.3 is 12.0 Å². The van der Waals surface area contributed by atoms with Crippen LogP contribution in [-0.2, 0) is 9.53 Å². The number of amides is 3. The third kappa shape index (κ3) is 5.43. The molecule has 0 aliphatic carbocycles. The maximum absolute atomic E-state index is 12.9. The van der Waals surface area contributed by atoms with Crippen LogP contribution >= 0.6 is 34.8 Å². The normalized spacial score (nSPS) is 11.5. The van der Waals surface area contributed by atoms with E-state index in [0.29, 0.717) is 5.02 Å². The van der Waals surface area contributed by atoms with Crippen molar-refractivity contribution >= 4 is 74.9 Å². The minimum Gasteiger partial charge on any atom is -0.467 e. The first-order valence-electron chi connectivity index (χ1n) is 9.33. The average molecular weight is 495 g/mol. The van der Waals surface area contributed by atoms with Gasteiger partial charge in [0.1, 0.15) is 6.04 Å². The van der Waals surface area contributed by atoms with Gasteiger partial charge in [0, 0.05) is 5.02 Å². The number of carbonyl (C=O) groups is 3. The minimum absolute atomic E-state index is 0.154. The zero-order valence-corrected chi connectivity index (χ0v) is 19.2. The summed E-state index contributed by atoms with van der Waals surface area (Å²) >= 11 is 18.1. The lowest BCUT2D eigenvalue weighted by atomic mass is 10.0. The first-order chi connectivity index (χ1) is 15.2. The maximum atomic E-state index is 12.9. The monoisotopic (exact) mass is 493 g/mol. The van der Waals surface area contributed by atoms with Gasteiger partial charge in [0.15, 0.2) is 0 Å². The third-order valence-corrected chi connectivity index (χ3v) is 5.34. The number of benzene rings is 3. The Balaban J connectivity index is 1.92. The zero-order chi connectivity index (χ0) is 23.4. The highest BCUT2D eigenvalue weighted by molar-refractivity contribution is 6.42. The van der Waals surface area contributed by atoms with Crippen molar-refractivity contribution in [1.82, 2.24) is 5.32 Å². The molecule has 0 radical (unpaired) electrons. The Kier molecular flexibility index (Phi) is 7.45. The van der Waals surface area contributed by atoms with Crippen molar-refractivity contribution in [3.63, 3.8) is 0 Å². The zero-order valence-electron chi connectivity index (χ0n) is 17.0. The number of hydrogen-bond donors (Lipinski definition) is 3. The highest BCUT2D eigenvalue weighted by atomic mass is 35.5. The van der Waals surface area contributed by atoms with Crippen molar-refractivity contribution in [3.8, 4) is 0 Å². The predicted molar refractivity (Wildman–Crippen MR) is 127 cm³/mol. The van der Waals surface area contributed by atoms with Gasteiger partial charge in [0.05, 0.1) is 34.1 Å². The fourth-order valence-electron chi connectivity index (χ4n) is 2.97. The summed E-state index contributed by atoms with van der Waals surface area (Å²) in [7, 11) is 1.23. The molecule has 0 saturated carbocycles. The Bertz CT molecular complexity index is 1190. The summed E-state index contributed by atoms with van der Waals surface area (Å²) in [6.07, 6.45) is 0. The second-order valence-electron chi connectivity index (χ2n) is 6.79. The second-order valence-corrected chi connectivity index (χ2v) is 8.04. The van der Waals surface area contributed by atoms with Crippen LogP contribution < -0.4 is 16.0 Å². The van der Waals surface area contributed by atoms with E-state index in [4.69, 9.17) is 34.8 Å². The van der Waals surface area contributed by atoms with Crippen molar-refractivity contribution in [2.45, 2.75) is 13.0 Å². The molecule has 0 bridgehead atoms. The first-order valence-corrected chi connectivity index (χ1v) is 10.5. The Morgan fingerprint density at radius 1 is 0.906 bits per heavy atom. The number of rotatable bonds is 5. The van der Waals surface area contributed by atoms with Crippen LogP contribution in [0.3, 0.4) is 0 Å². The molecule has 0 fully saturated rings. The second kappa shape index (κ2) is 10.1. The minimum atomic E-state index is -0.882. The van der Waals surface area contributed by atoms with Gasteiger partial charge in [-0.15, -0.1) is 0 Å². The molecule has 166 valence electrons. The summed E-state index contributed by atoms with van der Waals surface area (Å²) in [4.78, 5) is 37.3. The largest absolute Gasteiger partial charge is 0.467 e. The molecule has 7 nitrogen and oxygen atoms in total. The van der Waals surface area contributed by atoms with Crippen molar-refractivity contribution in [1.29, 1.82) is 0 Å². The predicted octanol–water partition coefficient (Wildman–Crippen LogP) is 5.74. The number of esters is 1. The summed E-state index contributed by atoms with van der Waals surface area (Å²) in [5.41, 5.74) is 0.543. The molecule has 0 aromatic heterocycles. The quantitative estimate of drug-likeness (QED) is 0.394. The van der Waals surface area contributed by atoms with Crippen LogP contribution in [0.15, 0.2) is 48.5 Å². The number of halogens is 3. The molecule has 3 rings (SSSR count). The first kappa shape index (κ1) is 23.7. The lowest BCUT2D eigenvalue weighted by Crippen LogP contribution is -2.39. The van der Waals surface area contributed by atoms with Crippen molar-refractivity contribution in [2.24, 2.45) is 0 Å². The Hall–Kier alpha value is -3.00.